The van der Waals surface area contributed by atoms with Crippen molar-refractivity contribution >= 4 is 24.0 Å². The first-order valence-corrected chi connectivity index (χ1v) is 8.69. The molecule has 1 aromatic rings. The predicted octanol–water partition coefficient (Wildman–Crippen LogP) is -0.405. The SMILES string of the molecule is O=C(CCc1nc(Cl)n[nH]1)N1CCC2(CC1)C[C@@H](O)[C@@H](O)CO2.O=CO. The number of amides is 1. The second-order valence-electron chi connectivity index (χ2n) is 6.37. The molecule has 2 aliphatic heterocycles. The van der Waals surface area contributed by atoms with Crippen LogP contribution in [0.2, 0.25) is 5.28 Å². The maximum Gasteiger partial charge on any atom is 0.290 e. The lowest BCUT2D eigenvalue weighted by Gasteiger charge is -2.46. The number of H-pyrrole nitrogens is 1. The standard InChI is InChI=1S/C14H21ClN4O4.CH2O2/c15-13-16-11(17-18-13)1-2-12(22)19-5-3-14(4-6-19)7-9(20)10(21)8-23-14;2-1-3/h9-10,20-21H,1-8H2,(H,16,17,18);1H,(H,2,3)/t9-,10+;/m1./s1. The molecule has 1 aromatic heterocycles. The molecule has 0 unspecified atom stereocenters. The van der Waals surface area contributed by atoms with Crippen LogP contribution < -0.4 is 0 Å². The average molecular weight is 391 g/mol. The molecule has 10 nitrogen and oxygen atoms in total. The molecule has 2 atom stereocenters. The van der Waals surface area contributed by atoms with Gasteiger partial charge in [0.2, 0.25) is 11.2 Å². The summed E-state index contributed by atoms with van der Waals surface area (Å²) < 4.78 is 5.76. The van der Waals surface area contributed by atoms with Gasteiger partial charge in [-0.3, -0.25) is 14.7 Å². The summed E-state index contributed by atoms with van der Waals surface area (Å²) in [5.41, 5.74) is -0.409. The maximum atomic E-state index is 12.3. The second-order valence-corrected chi connectivity index (χ2v) is 6.71. The van der Waals surface area contributed by atoms with E-state index in [0.717, 1.165) is 0 Å². The largest absolute Gasteiger partial charge is 0.483 e. The number of aliphatic hydroxyl groups excluding tert-OH is 2. The summed E-state index contributed by atoms with van der Waals surface area (Å²) in [5, 5.41) is 32.8. The highest BCUT2D eigenvalue weighted by atomic mass is 35.5. The van der Waals surface area contributed by atoms with Crippen LogP contribution in [0.4, 0.5) is 0 Å². The van der Waals surface area contributed by atoms with E-state index in [2.05, 4.69) is 15.2 Å². The molecule has 0 radical (unpaired) electrons. The predicted molar refractivity (Wildman–Crippen MR) is 89.5 cm³/mol. The number of hydrogen-bond acceptors (Lipinski definition) is 7. The van der Waals surface area contributed by atoms with Crippen molar-refractivity contribution < 1.29 is 29.6 Å². The van der Waals surface area contributed by atoms with Crippen LogP contribution in [0.1, 0.15) is 31.5 Å². The van der Waals surface area contributed by atoms with Crippen molar-refractivity contribution in [2.24, 2.45) is 0 Å². The Morgan fingerprint density at radius 2 is 2.04 bits per heavy atom. The molecule has 26 heavy (non-hydrogen) atoms. The van der Waals surface area contributed by atoms with E-state index >= 15 is 0 Å². The van der Waals surface area contributed by atoms with Gasteiger partial charge in [-0.1, -0.05) is 0 Å². The fraction of sp³-hybridized carbons (Fsp3) is 0.733. The van der Waals surface area contributed by atoms with Gasteiger partial charge in [-0.05, 0) is 24.4 Å². The minimum absolute atomic E-state index is 0.0590. The Morgan fingerprint density at radius 1 is 1.38 bits per heavy atom. The molecule has 1 amide bonds. The highest BCUT2D eigenvalue weighted by Crippen LogP contribution is 2.35. The molecule has 0 saturated carbocycles. The molecule has 2 aliphatic rings. The summed E-state index contributed by atoms with van der Waals surface area (Å²) in [7, 11) is 0. The number of ether oxygens (including phenoxy) is 1. The highest BCUT2D eigenvalue weighted by molar-refractivity contribution is 6.28. The summed E-state index contributed by atoms with van der Waals surface area (Å²) in [5.74, 6) is 0.660. The van der Waals surface area contributed by atoms with Gasteiger partial charge < -0.3 is 25.0 Å². The van der Waals surface area contributed by atoms with Crippen molar-refractivity contribution in [2.45, 2.75) is 49.9 Å². The number of rotatable bonds is 3. The molecular formula is C15H23ClN4O6. The molecule has 3 rings (SSSR count). The summed E-state index contributed by atoms with van der Waals surface area (Å²) in [6.07, 6.45) is 1.04. The number of carboxylic acid groups (broad SMARTS) is 1. The Morgan fingerprint density at radius 3 is 2.58 bits per heavy atom. The van der Waals surface area contributed by atoms with E-state index in [1.165, 1.54) is 0 Å². The molecule has 11 heteroatoms. The van der Waals surface area contributed by atoms with E-state index in [1.54, 1.807) is 0 Å². The fourth-order valence-corrected chi connectivity index (χ4v) is 3.37. The quantitative estimate of drug-likeness (QED) is 0.509. The number of piperidine rings is 1. The monoisotopic (exact) mass is 390 g/mol. The Balaban J connectivity index is 0.000000758. The Hall–Kier alpha value is -1.75. The number of nitrogens with one attached hydrogen (secondary N) is 1. The van der Waals surface area contributed by atoms with Crippen molar-refractivity contribution in [3.8, 4) is 0 Å². The van der Waals surface area contributed by atoms with Gasteiger partial charge in [0.15, 0.2) is 0 Å². The minimum atomic E-state index is -0.811. The summed E-state index contributed by atoms with van der Waals surface area (Å²) in [4.78, 5) is 26.4. The van der Waals surface area contributed by atoms with E-state index < -0.39 is 17.8 Å². The van der Waals surface area contributed by atoms with Crippen LogP contribution >= 0.6 is 11.6 Å². The van der Waals surface area contributed by atoms with Gasteiger partial charge in [0, 0.05) is 32.4 Å². The summed E-state index contributed by atoms with van der Waals surface area (Å²) in [6, 6.07) is 0. The van der Waals surface area contributed by atoms with Crippen LogP contribution in [-0.2, 0) is 20.7 Å². The third-order valence-electron chi connectivity index (χ3n) is 4.69. The van der Waals surface area contributed by atoms with Crippen LogP contribution in [-0.4, -0.2) is 85.3 Å². The number of aromatic nitrogens is 3. The van der Waals surface area contributed by atoms with Gasteiger partial charge in [-0.25, -0.2) is 4.98 Å². The van der Waals surface area contributed by atoms with E-state index in [9.17, 15) is 15.0 Å². The minimum Gasteiger partial charge on any atom is -0.483 e. The number of halogens is 1. The van der Waals surface area contributed by atoms with E-state index in [0.29, 0.717) is 51.0 Å². The molecule has 2 fully saturated rings. The average Bonchev–Trinajstić information content (AvgIpc) is 3.03. The number of aromatic amines is 1. The van der Waals surface area contributed by atoms with Gasteiger partial charge in [0.1, 0.15) is 11.9 Å². The maximum absolute atomic E-state index is 12.3. The van der Waals surface area contributed by atoms with Crippen molar-refractivity contribution in [3.63, 3.8) is 0 Å². The third kappa shape index (κ3) is 5.37. The van der Waals surface area contributed by atoms with Crippen LogP contribution in [0.15, 0.2) is 0 Å². The van der Waals surface area contributed by atoms with Crippen LogP contribution in [0.5, 0.6) is 0 Å². The van der Waals surface area contributed by atoms with Crippen molar-refractivity contribution in [1.29, 1.82) is 0 Å². The number of carbonyl (C=O) groups excluding carboxylic acids is 1. The molecule has 0 aliphatic carbocycles. The van der Waals surface area contributed by atoms with Crippen LogP contribution in [0, 0.1) is 0 Å². The number of likely N-dealkylation sites (tertiary alicyclic amines) is 1. The topological polar surface area (TPSA) is 149 Å². The smallest absolute Gasteiger partial charge is 0.290 e. The number of hydrogen-bond donors (Lipinski definition) is 4. The zero-order valence-electron chi connectivity index (χ0n) is 14.2. The first-order valence-electron chi connectivity index (χ1n) is 8.31. The fourth-order valence-electron chi connectivity index (χ4n) is 3.23. The zero-order valence-corrected chi connectivity index (χ0v) is 14.9. The molecule has 0 bridgehead atoms. The number of nitrogens with zero attached hydrogens (tertiary/aromatic N) is 3. The summed E-state index contributed by atoms with van der Waals surface area (Å²) >= 11 is 5.63. The lowest BCUT2D eigenvalue weighted by atomic mass is 9.82. The molecular weight excluding hydrogens is 368 g/mol. The molecule has 1 spiro atoms. The Labute approximate surface area is 155 Å². The lowest BCUT2D eigenvalue weighted by Crippen LogP contribution is -2.55. The Bertz CT molecular complexity index is 605. The Kier molecular flexibility index (Phi) is 7.33. The van der Waals surface area contributed by atoms with Gasteiger partial charge in [-0.2, -0.15) is 0 Å². The van der Waals surface area contributed by atoms with E-state index in [4.69, 9.17) is 26.2 Å². The van der Waals surface area contributed by atoms with Crippen LogP contribution in [0.25, 0.3) is 0 Å². The van der Waals surface area contributed by atoms with Gasteiger partial charge >= 0.3 is 0 Å². The number of carbonyl (C=O) groups is 2. The van der Waals surface area contributed by atoms with Gasteiger partial charge in [0.25, 0.3) is 6.47 Å². The van der Waals surface area contributed by atoms with Gasteiger partial charge in [0.05, 0.1) is 18.3 Å². The van der Waals surface area contributed by atoms with Crippen molar-refractivity contribution in [3.05, 3.63) is 11.1 Å². The number of aliphatic hydroxyl groups is 2. The highest BCUT2D eigenvalue weighted by Gasteiger charge is 2.43. The second kappa shape index (κ2) is 9.26. The number of aryl methyl sites for hydroxylation is 1. The molecule has 3 heterocycles. The molecule has 2 saturated heterocycles. The summed E-state index contributed by atoms with van der Waals surface area (Å²) in [6.45, 7) is 1.10. The normalized spacial score (nSPS) is 24.7. The van der Waals surface area contributed by atoms with Crippen LogP contribution in [0.3, 0.4) is 0 Å². The first-order chi connectivity index (χ1) is 12.4. The van der Waals surface area contributed by atoms with E-state index in [1.807, 2.05) is 4.90 Å². The lowest BCUT2D eigenvalue weighted by molar-refractivity contribution is -0.188. The molecule has 146 valence electrons. The third-order valence-corrected chi connectivity index (χ3v) is 4.86. The van der Waals surface area contributed by atoms with Crippen molar-refractivity contribution in [2.75, 3.05) is 19.7 Å². The molecule has 0 aromatic carbocycles. The molecule has 4 N–H and O–H groups in total. The van der Waals surface area contributed by atoms with E-state index in [-0.39, 0.29) is 24.3 Å². The van der Waals surface area contributed by atoms with Gasteiger partial charge in [-0.15, -0.1) is 5.10 Å². The van der Waals surface area contributed by atoms with Crippen molar-refractivity contribution in [1.82, 2.24) is 20.1 Å². The first kappa shape index (κ1) is 20.6. The zero-order chi connectivity index (χ0) is 19.2.